The summed E-state index contributed by atoms with van der Waals surface area (Å²) in [5.74, 6) is 1.54. The Bertz CT molecular complexity index is 491. The van der Waals surface area contributed by atoms with Crippen LogP contribution in [-0.2, 0) is 4.79 Å². The normalized spacial score (nSPS) is 22.7. The van der Waals surface area contributed by atoms with Crippen LogP contribution in [0.1, 0.15) is 65.2 Å². The van der Waals surface area contributed by atoms with Gasteiger partial charge in [0.15, 0.2) is 5.96 Å². The second kappa shape index (κ2) is 12.9. The van der Waals surface area contributed by atoms with Crippen LogP contribution in [0.5, 0.6) is 0 Å². The predicted octanol–water partition coefficient (Wildman–Crippen LogP) is 2.96. The molecule has 0 bridgehead atoms. The van der Waals surface area contributed by atoms with Crippen LogP contribution in [0.4, 0.5) is 0 Å². The van der Waals surface area contributed by atoms with Crippen LogP contribution in [-0.4, -0.2) is 56.5 Å². The van der Waals surface area contributed by atoms with Gasteiger partial charge in [0.2, 0.25) is 5.91 Å². The second-order valence-corrected chi connectivity index (χ2v) is 9.05. The molecule has 28 heavy (non-hydrogen) atoms. The lowest BCUT2D eigenvalue weighted by Gasteiger charge is -2.32. The Morgan fingerprint density at radius 1 is 1.25 bits per heavy atom. The van der Waals surface area contributed by atoms with E-state index >= 15 is 0 Å². The van der Waals surface area contributed by atoms with Crippen LogP contribution in [0.15, 0.2) is 4.99 Å². The molecule has 0 aromatic rings. The van der Waals surface area contributed by atoms with Gasteiger partial charge < -0.3 is 21.3 Å². The number of nitrogens with zero attached hydrogens (tertiary/aromatic N) is 2. The molecular weight excluding hydrogens is 465 g/mol. The number of piperidine rings is 1. The van der Waals surface area contributed by atoms with Crippen molar-refractivity contribution in [1.29, 1.82) is 0 Å². The monoisotopic (exact) mass is 507 g/mol. The van der Waals surface area contributed by atoms with E-state index in [0.29, 0.717) is 5.41 Å². The molecule has 1 amide bonds. The third-order valence-corrected chi connectivity index (χ3v) is 6.21. The van der Waals surface area contributed by atoms with Crippen molar-refractivity contribution in [2.45, 2.75) is 65.2 Å². The van der Waals surface area contributed by atoms with E-state index in [9.17, 15) is 4.79 Å². The largest absolute Gasteiger partial charge is 0.369 e. The lowest BCUT2D eigenvalue weighted by molar-refractivity contribution is -0.123. The fourth-order valence-electron chi connectivity index (χ4n) is 4.94. The predicted molar refractivity (Wildman–Crippen MR) is 128 cm³/mol. The fourth-order valence-corrected chi connectivity index (χ4v) is 4.94. The summed E-state index contributed by atoms with van der Waals surface area (Å²) in [4.78, 5) is 18.2. The number of rotatable bonds is 9. The molecule has 1 heterocycles. The zero-order valence-electron chi connectivity index (χ0n) is 18.1. The van der Waals surface area contributed by atoms with Crippen LogP contribution >= 0.6 is 24.0 Å². The fraction of sp³-hybridized carbons (Fsp3) is 0.905. The molecule has 2 rings (SSSR count). The van der Waals surface area contributed by atoms with Crippen molar-refractivity contribution >= 4 is 35.8 Å². The second-order valence-electron chi connectivity index (χ2n) is 9.05. The van der Waals surface area contributed by atoms with Crippen LogP contribution in [0.2, 0.25) is 0 Å². The van der Waals surface area contributed by atoms with Gasteiger partial charge >= 0.3 is 0 Å². The third kappa shape index (κ3) is 8.43. The van der Waals surface area contributed by atoms with Gasteiger partial charge in [0, 0.05) is 26.7 Å². The number of nitrogens with one attached hydrogen (secondary N) is 2. The highest BCUT2D eigenvalue weighted by atomic mass is 127. The van der Waals surface area contributed by atoms with Gasteiger partial charge in [-0.2, -0.15) is 0 Å². The van der Waals surface area contributed by atoms with Crippen molar-refractivity contribution in [2.75, 3.05) is 39.8 Å². The van der Waals surface area contributed by atoms with Crippen molar-refractivity contribution < 1.29 is 4.79 Å². The summed E-state index contributed by atoms with van der Waals surface area (Å²) in [6, 6.07) is 0. The molecule has 0 radical (unpaired) electrons. The van der Waals surface area contributed by atoms with Gasteiger partial charge in [0.1, 0.15) is 0 Å². The van der Waals surface area contributed by atoms with Crippen molar-refractivity contribution in [1.82, 2.24) is 15.5 Å². The van der Waals surface area contributed by atoms with Crippen molar-refractivity contribution in [3.8, 4) is 0 Å². The van der Waals surface area contributed by atoms with Crippen molar-refractivity contribution in [3.63, 3.8) is 0 Å². The van der Waals surface area contributed by atoms with Gasteiger partial charge in [-0.05, 0) is 62.9 Å². The minimum atomic E-state index is -0.148. The zero-order valence-corrected chi connectivity index (χ0v) is 20.5. The highest BCUT2D eigenvalue weighted by Gasteiger charge is 2.34. The minimum Gasteiger partial charge on any atom is -0.369 e. The smallest absolute Gasteiger partial charge is 0.221 e. The molecule has 1 atom stereocenters. The summed E-state index contributed by atoms with van der Waals surface area (Å²) in [6.45, 7) is 9.48. The van der Waals surface area contributed by atoms with Gasteiger partial charge in [0.05, 0.1) is 5.92 Å². The highest BCUT2D eigenvalue weighted by Crippen LogP contribution is 2.42. The molecule has 1 saturated heterocycles. The summed E-state index contributed by atoms with van der Waals surface area (Å²) in [5, 5.41) is 7.04. The number of hydrogen-bond donors (Lipinski definition) is 3. The summed E-state index contributed by atoms with van der Waals surface area (Å²) < 4.78 is 0. The topological polar surface area (TPSA) is 82.8 Å². The molecular formula is C21H42IN5O. The molecule has 7 heteroatoms. The maximum absolute atomic E-state index is 11.4. The zero-order chi connectivity index (χ0) is 19.7. The van der Waals surface area contributed by atoms with Gasteiger partial charge in [-0.3, -0.25) is 9.79 Å². The number of likely N-dealkylation sites (tertiary alicyclic amines) is 1. The molecule has 1 aliphatic carbocycles. The number of nitrogens with two attached hydrogens (primary N) is 1. The average molecular weight is 508 g/mol. The molecule has 0 spiro atoms. The molecule has 6 nitrogen and oxygen atoms in total. The molecule has 4 N–H and O–H groups in total. The molecule has 1 saturated carbocycles. The number of guanidine groups is 1. The van der Waals surface area contributed by atoms with Crippen molar-refractivity contribution in [2.24, 2.45) is 28.0 Å². The van der Waals surface area contributed by atoms with Gasteiger partial charge in [-0.25, -0.2) is 0 Å². The number of carbonyl (C=O) groups is 1. The molecule has 1 unspecified atom stereocenters. The number of primary amides is 1. The van der Waals surface area contributed by atoms with E-state index in [0.717, 1.165) is 63.9 Å². The summed E-state index contributed by atoms with van der Waals surface area (Å²) in [5.41, 5.74) is 5.91. The average Bonchev–Trinajstić information content (AvgIpc) is 3.09. The van der Waals surface area contributed by atoms with E-state index in [1.54, 1.807) is 0 Å². The first-order valence-electron chi connectivity index (χ1n) is 10.9. The van der Waals surface area contributed by atoms with E-state index in [-0.39, 0.29) is 35.8 Å². The molecule has 2 fully saturated rings. The van der Waals surface area contributed by atoms with E-state index in [1.165, 1.54) is 32.1 Å². The van der Waals surface area contributed by atoms with E-state index < -0.39 is 0 Å². The summed E-state index contributed by atoms with van der Waals surface area (Å²) in [6.07, 6.45) is 9.76. The maximum Gasteiger partial charge on any atom is 0.221 e. The Morgan fingerprint density at radius 3 is 2.57 bits per heavy atom. The molecule has 2 aliphatic rings. The van der Waals surface area contributed by atoms with Gasteiger partial charge in [0.25, 0.3) is 0 Å². The first kappa shape index (κ1) is 25.5. The molecule has 164 valence electrons. The summed E-state index contributed by atoms with van der Waals surface area (Å²) in [7, 11) is 1.85. The first-order valence-corrected chi connectivity index (χ1v) is 10.9. The Hall–Kier alpha value is -0.570. The maximum atomic E-state index is 11.4. The number of hydrogen-bond acceptors (Lipinski definition) is 3. The SMILES string of the molecule is CN=C(NCCCN1CCCC(C(N)=O)C1)NCC1(CC(C)C)CCCC1.I. The minimum absolute atomic E-state index is 0. The molecule has 0 aromatic carbocycles. The van der Waals surface area contributed by atoms with Crippen LogP contribution in [0, 0.1) is 17.3 Å². The number of aliphatic imine (C=N–C) groups is 1. The Labute approximate surface area is 188 Å². The lowest BCUT2D eigenvalue weighted by atomic mass is 9.78. The Balaban J connectivity index is 0.00000392. The highest BCUT2D eigenvalue weighted by molar-refractivity contribution is 14.0. The standard InChI is InChI=1S/C21H41N5O.HI/c1-17(2)14-21(9-4-5-10-21)16-25-20(23-3)24-11-7-13-26-12-6-8-18(15-26)19(22)27;/h17-18H,4-16H2,1-3H3,(H2,22,27)(H2,23,24,25);1H. The van der Waals surface area contributed by atoms with Crippen LogP contribution in [0.25, 0.3) is 0 Å². The van der Waals surface area contributed by atoms with Crippen molar-refractivity contribution in [3.05, 3.63) is 0 Å². The van der Waals surface area contributed by atoms with E-state index in [2.05, 4.69) is 34.4 Å². The number of amides is 1. The van der Waals surface area contributed by atoms with Crippen LogP contribution < -0.4 is 16.4 Å². The summed E-state index contributed by atoms with van der Waals surface area (Å²) >= 11 is 0. The number of carbonyl (C=O) groups excluding carboxylic acids is 1. The van der Waals surface area contributed by atoms with E-state index in [1.807, 2.05) is 7.05 Å². The Morgan fingerprint density at radius 2 is 1.96 bits per heavy atom. The molecule has 1 aliphatic heterocycles. The lowest BCUT2D eigenvalue weighted by Crippen LogP contribution is -2.45. The molecule has 0 aromatic heterocycles. The van der Waals surface area contributed by atoms with Gasteiger partial charge in [-0.15, -0.1) is 24.0 Å². The quantitative estimate of drug-likeness (QED) is 0.194. The van der Waals surface area contributed by atoms with Crippen LogP contribution in [0.3, 0.4) is 0 Å². The Kier molecular flexibility index (Phi) is 11.7. The van der Waals surface area contributed by atoms with E-state index in [4.69, 9.17) is 5.73 Å². The first-order chi connectivity index (χ1) is 12.9. The number of halogens is 1. The van der Waals surface area contributed by atoms with Gasteiger partial charge in [-0.1, -0.05) is 26.7 Å². The third-order valence-electron chi connectivity index (χ3n) is 6.21.